The molecule has 0 saturated heterocycles. The molecule has 0 spiro atoms. The molecule has 1 aromatic rings. The zero-order chi connectivity index (χ0) is 10.5. The highest BCUT2D eigenvalue weighted by molar-refractivity contribution is 5.28. The largest absolute Gasteiger partial charge is 0.493 e. The van der Waals surface area contributed by atoms with Crippen molar-refractivity contribution < 1.29 is 4.74 Å². The lowest BCUT2D eigenvalue weighted by atomic mass is 10.1. The number of hydrogen-bond donors (Lipinski definition) is 1. The maximum Gasteiger partial charge on any atom is 0.119 e. The molecule has 0 heterocycles. The highest BCUT2D eigenvalue weighted by Gasteiger charge is 2.21. The van der Waals surface area contributed by atoms with Gasteiger partial charge in [-0.15, -0.1) is 0 Å². The van der Waals surface area contributed by atoms with Gasteiger partial charge in [-0.25, -0.2) is 0 Å². The third kappa shape index (κ3) is 3.56. The minimum atomic E-state index is 0.757. The van der Waals surface area contributed by atoms with Gasteiger partial charge < -0.3 is 10.5 Å². The fraction of sp³-hybridized carbons (Fsp3) is 0.538. The molecule has 0 unspecified atom stereocenters. The monoisotopic (exact) mass is 205 g/mol. The van der Waals surface area contributed by atoms with Crippen molar-refractivity contribution in [2.45, 2.75) is 25.7 Å². The van der Waals surface area contributed by atoms with Crippen molar-refractivity contribution in [3.63, 3.8) is 0 Å². The molecule has 2 rings (SSSR count). The molecule has 0 aromatic heterocycles. The van der Waals surface area contributed by atoms with Crippen LogP contribution in [0.1, 0.15) is 24.8 Å². The SMILES string of the molecule is NCCCc1cccc(OCC2CC2)c1. The van der Waals surface area contributed by atoms with Crippen LogP contribution in [-0.2, 0) is 6.42 Å². The molecule has 0 atom stereocenters. The zero-order valence-electron chi connectivity index (χ0n) is 9.11. The van der Waals surface area contributed by atoms with Crippen LogP contribution in [0.15, 0.2) is 24.3 Å². The third-order valence-electron chi connectivity index (χ3n) is 2.75. The lowest BCUT2D eigenvalue weighted by Gasteiger charge is -2.07. The summed E-state index contributed by atoms with van der Waals surface area (Å²) in [5, 5.41) is 0. The minimum absolute atomic E-state index is 0.757. The molecule has 0 amide bonds. The molecule has 0 bridgehead atoms. The average molecular weight is 205 g/mol. The first kappa shape index (κ1) is 10.5. The van der Waals surface area contributed by atoms with Crippen LogP contribution in [0.5, 0.6) is 5.75 Å². The third-order valence-corrected chi connectivity index (χ3v) is 2.75. The average Bonchev–Trinajstić information content (AvgIpc) is 3.08. The van der Waals surface area contributed by atoms with Gasteiger partial charge in [0.2, 0.25) is 0 Å². The fourth-order valence-corrected chi connectivity index (χ4v) is 1.60. The highest BCUT2D eigenvalue weighted by Crippen LogP contribution is 2.29. The highest BCUT2D eigenvalue weighted by atomic mass is 16.5. The van der Waals surface area contributed by atoms with E-state index in [-0.39, 0.29) is 0 Å². The molecule has 2 N–H and O–H groups in total. The van der Waals surface area contributed by atoms with Gasteiger partial charge in [0.05, 0.1) is 6.61 Å². The molecule has 1 saturated carbocycles. The first-order valence-corrected chi connectivity index (χ1v) is 5.80. The lowest BCUT2D eigenvalue weighted by molar-refractivity contribution is 0.299. The minimum Gasteiger partial charge on any atom is -0.493 e. The molecule has 1 aliphatic carbocycles. The second kappa shape index (κ2) is 5.17. The van der Waals surface area contributed by atoms with Crippen LogP contribution < -0.4 is 10.5 Å². The van der Waals surface area contributed by atoms with E-state index in [1.807, 2.05) is 6.07 Å². The molecule has 2 nitrogen and oxygen atoms in total. The van der Waals surface area contributed by atoms with Crippen molar-refractivity contribution >= 4 is 0 Å². The summed E-state index contributed by atoms with van der Waals surface area (Å²) < 4.78 is 5.72. The molecule has 0 radical (unpaired) electrons. The van der Waals surface area contributed by atoms with Gasteiger partial charge in [0.1, 0.15) is 5.75 Å². The first-order valence-electron chi connectivity index (χ1n) is 5.80. The second-order valence-electron chi connectivity index (χ2n) is 4.29. The van der Waals surface area contributed by atoms with Gasteiger partial charge >= 0.3 is 0 Å². The molecule has 15 heavy (non-hydrogen) atoms. The summed E-state index contributed by atoms with van der Waals surface area (Å²) in [6.45, 7) is 1.65. The van der Waals surface area contributed by atoms with E-state index in [0.29, 0.717) is 0 Å². The number of aryl methyl sites for hydroxylation is 1. The quantitative estimate of drug-likeness (QED) is 0.773. The Morgan fingerprint density at radius 1 is 1.33 bits per heavy atom. The summed E-state index contributed by atoms with van der Waals surface area (Å²) in [4.78, 5) is 0. The predicted molar refractivity (Wildman–Crippen MR) is 62.0 cm³/mol. The molecule has 2 heteroatoms. The lowest BCUT2D eigenvalue weighted by Crippen LogP contribution is -2.01. The van der Waals surface area contributed by atoms with Crippen molar-refractivity contribution in [1.29, 1.82) is 0 Å². The smallest absolute Gasteiger partial charge is 0.119 e. The Hall–Kier alpha value is -1.02. The topological polar surface area (TPSA) is 35.2 Å². The van der Waals surface area contributed by atoms with Crippen LogP contribution in [0.4, 0.5) is 0 Å². The summed E-state index contributed by atoms with van der Waals surface area (Å²) in [6.07, 6.45) is 4.78. The van der Waals surface area contributed by atoms with Gasteiger partial charge in [-0.3, -0.25) is 0 Å². The van der Waals surface area contributed by atoms with E-state index in [4.69, 9.17) is 10.5 Å². The van der Waals surface area contributed by atoms with E-state index in [1.165, 1.54) is 18.4 Å². The summed E-state index contributed by atoms with van der Waals surface area (Å²) in [7, 11) is 0. The Morgan fingerprint density at radius 3 is 2.93 bits per heavy atom. The zero-order valence-corrected chi connectivity index (χ0v) is 9.11. The number of ether oxygens (including phenoxy) is 1. The molecule has 1 aromatic carbocycles. The van der Waals surface area contributed by atoms with Gasteiger partial charge in [0, 0.05) is 0 Å². The van der Waals surface area contributed by atoms with Crippen LogP contribution in [-0.4, -0.2) is 13.2 Å². The summed E-state index contributed by atoms with van der Waals surface area (Å²) >= 11 is 0. The van der Waals surface area contributed by atoms with Crippen LogP contribution in [0.2, 0.25) is 0 Å². The van der Waals surface area contributed by atoms with Crippen molar-refractivity contribution in [3.8, 4) is 5.75 Å². The standard InChI is InChI=1S/C13H19NO/c14-8-2-4-11-3-1-5-13(9-11)15-10-12-6-7-12/h1,3,5,9,12H,2,4,6-8,10,14H2. The van der Waals surface area contributed by atoms with Crippen molar-refractivity contribution in [1.82, 2.24) is 0 Å². The van der Waals surface area contributed by atoms with Gasteiger partial charge in [-0.05, 0) is 55.8 Å². The summed E-state index contributed by atoms with van der Waals surface area (Å²) in [5.41, 5.74) is 6.82. The maximum absolute atomic E-state index is 5.72. The van der Waals surface area contributed by atoms with Gasteiger partial charge in [-0.2, -0.15) is 0 Å². The molecule has 1 aliphatic rings. The Morgan fingerprint density at radius 2 is 2.20 bits per heavy atom. The number of nitrogens with two attached hydrogens (primary N) is 1. The van der Waals surface area contributed by atoms with Crippen LogP contribution in [0.25, 0.3) is 0 Å². The van der Waals surface area contributed by atoms with Crippen molar-refractivity contribution in [2.24, 2.45) is 11.7 Å². The van der Waals surface area contributed by atoms with Crippen LogP contribution in [0.3, 0.4) is 0 Å². The summed E-state index contributed by atoms with van der Waals surface area (Å²) in [5.74, 6) is 1.83. The number of hydrogen-bond acceptors (Lipinski definition) is 2. The van der Waals surface area contributed by atoms with Gasteiger partial charge in [0.15, 0.2) is 0 Å². The Balaban J connectivity index is 1.85. The number of benzene rings is 1. The van der Waals surface area contributed by atoms with Gasteiger partial charge in [-0.1, -0.05) is 12.1 Å². The van der Waals surface area contributed by atoms with Crippen molar-refractivity contribution in [2.75, 3.05) is 13.2 Å². The molecule has 1 fully saturated rings. The molecule has 82 valence electrons. The van der Waals surface area contributed by atoms with Crippen LogP contribution >= 0.6 is 0 Å². The molecular weight excluding hydrogens is 186 g/mol. The first-order chi connectivity index (χ1) is 7.38. The van der Waals surface area contributed by atoms with E-state index >= 15 is 0 Å². The summed E-state index contributed by atoms with van der Waals surface area (Å²) in [6, 6.07) is 8.38. The van der Waals surface area contributed by atoms with Crippen LogP contribution in [0, 0.1) is 5.92 Å². The van der Waals surface area contributed by atoms with Crippen molar-refractivity contribution in [3.05, 3.63) is 29.8 Å². The maximum atomic E-state index is 5.72. The second-order valence-corrected chi connectivity index (χ2v) is 4.29. The van der Waals surface area contributed by atoms with E-state index in [0.717, 1.165) is 37.7 Å². The number of rotatable bonds is 6. The van der Waals surface area contributed by atoms with Gasteiger partial charge in [0.25, 0.3) is 0 Å². The Labute approximate surface area is 91.4 Å². The normalized spacial score (nSPS) is 15.3. The van der Waals surface area contributed by atoms with E-state index in [2.05, 4.69) is 18.2 Å². The molecular formula is C13H19NO. The van der Waals surface area contributed by atoms with E-state index in [9.17, 15) is 0 Å². The Kier molecular flexibility index (Phi) is 3.62. The van der Waals surface area contributed by atoms with E-state index < -0.39 is 0 Å². The van der Waals surface area contributed by atoms with E-state index in [1.54, 1.807) is 0 Å². The fourth-order valence-electron chi connectivity index (χ4n) is 1.60. The molecule has 0 aliphatic heterocycles. The predicted octanol–water partition coefficient (Wildman–Crippen LogP) is 2.37. The Bertz CT molecular complexity index is 307.